The average molecular weight is 328 g/mol. The Morgan fingerprint density at radius 1 is 1.48 bits per heavy atom. The number of nitrogens with one attached hydrogen (secondary N) is 1. The minimum Gasteiger partial charge on any atom is -0.337 e. The van der Waals surface area contributed by atoms with Gasteiger partial charge < -0.3 is 5.32 Å². The summed E-state index contributed by atoms with van der Waals surface area (Å²) in [6.07, 6.45) is 1.98. The van der Waals surface area contributed by atoms with E-state index in [0.717, 1.165) is 18.5 Å². The van der Waals surface area contributed by atoms with Crippen molar-refractivity contribution >= 4 is 17.7 Å². The molecule has 0 unspecified atom stereocenters. The molecule has 3 rings (SSSR count). The van der Waals surface area contributed by atoms with Crippen LogP contribution in [0.2, 0.25) is 0 Å². The average Bonchev–Trinajstić information content (AvgIpc) is 3.33. The van der Waals surface area contributed by atoms with Crippen molar-refractivity contribution < 1.29 is 4.79 Å². The first kappa shape index (κ1) is 15.5. The summed E-state index contributed by atoms with van der Waals surface area (Å²) in [5.41, 5.74) is 0.0588. The molecule has 7 nitrogen and oxygen atoms in total. The molecule has 0 aliphatic heterocycles. The first-order chi connectivity index (χ1) is 11.1. The van der Waals surface area contributed by atoms with Crippen molar-refractivity contribution in [3.05, 3.63) is 30.3 Å². The van der Waals surface area contributed by atoms with Crippen LogP contribution in [0.5, 0.6) is 0 Å². The molecule has 1 N–H and O–H groups in total. The molecule has 1 amide bonds. The maximum absolute atomic E-state index is 12.1. The molecule has 0 radical (unpaired) electrons. The molecular weight excluding hydrogens is 312 g/mol. The van der Waals surface area contributed by atoms with Crippen LogP contribution >= 0.6 is 11.8 Å². The van der Waals surface area contributed by atoms with Crippen molar-refractivity contribution in [1.82, 2.24) is 25.5 Å². The summed E-state index contributed by atoms with van der Waals surface area (Å²) in [7, 11) is 0. The van der Waals surface area contributed by atoms with Crippen LogP contribution in [0.4, 0.5) is 0 Å². The SMILES string of the molecule is C[C@@](C#N)(NC(=O)CSc1nnnn1-c1ccccc1)C1CC1. The van der Waals surface area contributed by atoms with Gasteiger partial charge in [-0.15, -0.1) is 5.10 Å². The van der Waals surface area contributed by atoms with Gasteiger partial charge in [0.15, 0.2) is 0 Å². The van der Waals surface area contributed by atoms with Gasteiger partial charge in [-0.3, -0.25) is 4.79 Å². The molecule has 1 aliphatic rings. The number of aromatic nitrogens is 4. The Kier molecular flexibility index (Phi) is 4.30. The third kappa shape index (κ3) is 3.51. The van der Waals surface area contributed by atoms with E-state index >= 15 is 0 Å². The predicted octanol–water partition coefficient (Wildman–Crippen LogP) is 1.56. The monoisotopic (exact) mass is 328 g/mol. The molecule has 8 heteroatoms. The summed E-state index contributed by atoms with van der Waals surface area (Å²) >= 11 is 1.25. The number of thioether (sulfide) groups is 1. The molecule has 1 saturated carbocycles. The van der Waals surface area contributed by atoms with Gasteiger partial charge in [-0.1, -0.05) is 30.0 Å². The number of para-hydroxylation sites is 1. The Balaban J connectivity index is 1.62. The van der Waals surface area contributed by atoms with Crippen molar-refractivity contribution in [2.75, 3.05) is 5.75 Å². The van der Waals surface area contributed by atoms with Crippen LogP contribution in [0.1, 0.15) is 19.8 Å². The first-order valence-electron chi connectivity index (χ1n) is 7.31. The number of amides is 1. The molecule has 1 heterocycles. The lowest BCUT2D eigenvalue weighted by Crippen LogP contribution is -2.47. The number of carbonyl (C=O) groups excluding carboxylic acids is 1. The van der Waals surface area contributed by atoms with Crippen LogP contribution in [-0.4, -0.2) is 37.4 Å². The maximum atomic E-state index is 12.1. The van der Waals surface area contributed by atoms with E-state index in [2.05, 4.69) is 26.9 Å². The summed E-state index contributed by atoms with van der Waals surface area (Å²) in [5, 5.41) is 24.2. The Hall–Kier alpha value is -2.40. The number of hydrogen-bond acceptors (Lipinski definition) is 6. The number of carbonyl (C=O) groups is 1. The Morgan fingerprint density at radius 3 is 2.87 bits per heavy atom. The highest BCUT2D eigenvalue weighted by Gasteiger charge is 2.42. The molecule has 0 bridgehead atoms. The third-order valence-corrected chi connectivity index (χ3v) is 4.72. The summed E-state index contributed by atoms with van der Waals surface area (Å²) in [6, 6.07) is 11.7. The van der Waals surface area contributed by atoms with Crippen LogP contribution in [0.3, 0.4) is 0 Å². The molecule has 1 fully saturated rings. The zero-order valence-electron chi connectivity index (χ0n) is 12.6. The molecule has 2 aromatic rings. The molecule has 1 aromatic heterocycles. The topological polar surface area (TPSA) is 96.5 Å². The highest BCUT2D eigenvalue weighted by atomic mass is 32.2. The van der Waals surface area contributed by atoms with Gasteiger partial charge in [0.2, 0.25) is 11.1 Å². The highest BCUT2D eigenvalue weighted by molar-refractivity contribution is 7.99. The van der Waals surface area contributed by atoms with Gasteiger partial charge in [0.1, 0.15) is 5.54 Å². The van der Waals surface area contributed by atoms with Gasteiger partial charge in [0, 0.05) is 0 Å². The minimum absolute atomic E-state index is 0.164. The Morgan fingerprint density at radius 2 is 2.22 bits per heavy atom. The first-order valence-corrected chi connectivity index (χ1v) is 8.30. The lowest BCUT2D eigenvalue weighted by Gasteiger charge is -2.22. The lowest BCUT2D eigenvalue weighted by atomic mass is 9.98. The fourth-order valence-corrected chi connectivity index (χ4v) is 3.03. The van der Waals surface area contributed by atoms with E-state index in [-0.39, 0.29) is 17.6 Å². The van der Waals surface area contributed by atoms with E-state index in [1.165, 1.54) is 11.8 Å². The second kappa shape index (κ2) is 6.38. The van der Waals surface area contributed by atoms with Gasteiger partial charge in [0.05, 0.1) is 17.5 Å². The van der Waals surface area contributed by atoms with Gasteiger partial charge in [0.25, 0.3) is 0 Å². The number of tetrazole rings is 1. The molecule has 1 aliphatic carbocycles. The largest absolute Gasteiger partial charge is 0.337 e. The van der Waals surface area contributed by atoms with Crippen molar-refractivity contribution in [3.8, 4) is 11.8 Å². The van der Waals surface area contributed by atoms with Crippen molar-refractivity contribution in [3.63, 3.8) is 0 Å². The van der Waals surface area contributed by atoms with Crippen LogP contribution in [-0.2, 0) is 4.79 Å². The van der Waals surface area contributed by atoms with E-state index in [9.17, 15) is 10.1 Å². The standard InChI is InChI=1S/C15H16N6OS/c1-15(10-16,11-7-8-11)17-13(22)9-23-14-18-19-20-21(14)12-5-3-2-4-6-12/h2-6,11H,7-9H2,1H3,(H,17,22)/t15-/m0/s1. The third-order valence-electron chi connectivity index (χ3n) is 3.80. The van der Waals surface area contributed by atoms with Gasteiger partial charge in [-0.25, -0.2) is 0 Å². The van der Waals surface area contributed by atoms with Gasteiger partial charge in [-0.2, -0.15) is 9.94 Å². The van der Waals surface area contributed by atoms with E-state index in [4.69, 9.17) is 0 Å². The van der Waals surface area contributed by atoms with Crippen LogP contribution in [0, 0.1) is 17.2 Å². The fraction of sp³-hybridized carbons (Fsp3) is 0.400. The van der Waals surface area contributed by atoms with Gasteiger partial charge >= 0.3 is 0 Å². The van der Waals surface area contributed by atoms with E-state index < -0.39 is 5.54 Å². The predicted molar refractivity (Wildman–Crippen MR) is 84.8 cm³/mol. The molecular formula is C15H16N6OS. The molecule has 1 atom stereocenters. The van der Waals surface area contributed by atoms with Crippen molar-refractivity contribution in [1.29, 1.82) is 5.26 Å². The smallest absolute Gasteiger partial charge is 0.231 e. The van der Waals surface area contributed by atoms with Crippen LogP contribution < -0.4 is 5.32 Å². The molecule has 118 valence electrons. The summed E-state index contributed by atoms with van der Waals surface area (Å²) in [5.74, 6) is 0.238. The van der Waals surface area contributed by atoms with Crippen LogP contribution in [0.25, 0.3) is 5.69 Å². The van der Waals surface area contributed by atoms with E-state index in [1.807, 2.05) is 30.3 Å². The number of nitrogens with zero attached hydrogens (tertiary/aromatic N) is 5. The summed E-state index contributed by atoms with van der Waals surface area (Å²) in [6.45, 7) is 1.78. The zero-order chi connectivity index (χ0) is 16.3. The Labute approximate surface area is 138 Å². The van der Waals surface area contributed by atoms with Crippen molar-refractivity contribution in [2.24, 2.45) is 5.92 Å². The molecule has 0 saturated heterocycles. The summed E-state index contributed by atoms with van der Waals surface area (Å²) in [4.78, 5) is 12.1. The minimum atomic E-state index is -0.775. The lowest BCUT2D eigenvalue weighted by molar-refractivity contribution is -0.119. The molecule has 0 spiro atoms. The zero-order valence-corrected chi connectivity index (χ0v) is 13.5. The van der Waals surface area contributed by atoms with Gasteiger partial charge in [-0.05, 0) is 48.2 Å². The molecule has 23 heavy (non-hydrogen) atoms. The molecule has 1 aromatic carbocycles. The second-order valence-corrected chi connectivity index (χ2v) is 6.58. The Bertz CT molecular complexity index is 736. The maximum Gasteiger partial charge on any atom is 0.231 e. The number of nitriles is 1. The summed E-state index contributed by atoms with van der Waals surface area (Å²) < 4.78 is 1.59. The quantitative estimate of drug-likeness (QED) is 0.808. The second-order valence-electron chi connectivity index (χ2n) is 5.63. The van der Waals surface area contributed by atoms with Crippen molar-refractivity contribution in [2.45, 2.75) is 30.5 Å². The van der Waals surface area contributed by atoms with E-state index in [0.29, 0.717) is 5.16 Å². The van der Waals surface area contributed by atoms with E-state index in [1.54, 1.807) is 11.6 Å². The number of rotatable bonds is 6. The highest BCUT2D eigenvalue weighted by Crippen LogP contribution is 2.39. The number of hydrogen-bond donors (Lipinski definition) is 1. The fourth-order valence-electron chi connectivity index (χ4n) is 2.34. The number of benzene rings is 1. The van der Waals surface area contributed by atoms with Crippen LogP contribution in [0.15, 0.2) is 35.5 Å². The normalized spacial score (nSPS) is 16.3.